The van der Waals surface area contributed by atoms with Crippen molar-refractivity contribution < 1.29 is 14.3 Å². The van der Waals surface area contributed by atoms with Crippen LogP contribution in [-0.2, 0) is 0 Å². The number of nitrogens with zero attached hydrogens (tertiary/aromatic N) is 3. The molecule has 0 fully saturated rings. The number of hydrogen-bond donors (Lipinski definition) is 2. The van der Waals surface area contributed by atoms with E-state index in [9.17, 15) is 9.59 Å². The van der Waals surface area contributed by atoms with Gasteiger partial charge in [0.2, 0.25) is 0 Å². The van der Waals surface area contributed by atoms with Gasteiger partial charge in [-0.1, -0.05) is 0 Å². The van der Waals surface area contributed by atoms with Gasteiger partial charge in [0.1, 0.15) is 23.5 Å². The average Bonchev–Trinajstić information content (AvgIpc) is 3.18. The Morgan fingerprint density at radius 3 is 2.56 bits per heavy atom. The Balaban J connectivity index is 1.67. The van der Waals surface area contributed by atoms with Crippen LogP contribution in [0.15, 0.2) is 61.3 Å². The molecule has 0 atom stereocenters. The maximum absolute atomic E-state index is 11.9. The number of carbonyl (C=O) groups is 2. The number of ether oxygens (including phenoxy) is 1. The van der Waals surface area contributed by atoms with Crippen LogP contribution in [0.4, 0.5) is 10.5 Å². The van der Waals surface area contributed by atoms with E-state index in [1.54, 1.807) is 42.6 Å². The Labute approximate surface area is 143 Å². The van der Waals surface area contributed by atoms with E-state index in [1.807, 2.05) is 0 Å². The average molecular weight is 337 g/mol. The van der Waals surface area contributed by atoms with E-state index in [1.165, 1.54) is 30.3 Å². The molecule has 0 unspecified atom stereocenters. The molecule has 3 aromatic rings. The van der Waals surface area contributed by atoms with Gasteiger partial charge in [-0.2, -0.15) is 0 Å². The first-order chi connectivity index (χ1) is 12.2. The lowest BCUT2D eigenvalue weighted by molar-refractivity contribution is 0.0958. The first-order valence-electron chi connectivity index (χ1n) is 7.41. The van der Waals surface area contributed by atoms with Crippen molar-refractivity contribution in [3.63, 3.8) is 0 Å². The van der Waals surface area contributed by atoms with Gasteiger partial charge in [-0.05, 0) is 30.3 Å². The molecule has 3 rings (SSSR count). The molecule has 8 heteroatoms. The zero-order valence-corrected chi connectivity index (χ0v) is 13.3. The van der Waals surface area contributed by atoms with Gasteiger partial charge >= 0.3 is 6.03 Å². The second-order valence-electron chi connectivity index (χ2n) is 4.98. The lowest BCUT2D eigenvalue weighted by Crippen LogP contribution is -2.18. The first kappa shape index (κ1) is 16.2. The van der Waals surface area contributed by atoms with E-state index in [2.05, 4.69) is 20.6 Å². The predicted octanol–water partition coefficient (Wildman–Crippen LogP) is 2.51. The zero-order chi connectivity index (χ0) is 17.6. The summed E-state index contributed by atoms with van der Waals surface area (Å²) in [6.45, 7) is 0. The lowest BCUT2D eigenvalue weighted by atomic mass is 10.3. The fourth-order valence-electron chi connectivity index (χ4n) is 2.04. The highest BCUT2D eigenvalue weighted by Gasteiger charge is 2.07. The summed E-state index contributed by atoms with van der Waals surface area (Å²) in [6.07, 6.45) is 6.00. The first-order valence-corrected chi connectivity index (χ1v) is 7.41. The number of anilines is 1. The van der Waals surface area contributed by atoms with Crippen LogP contribution in [0.25, 0.3) is 0 Å². The molecule has 2 amide bonds. The standard InChI is InChI=1S/C17H15N5O3/c1-18-16(23)15-10-14(6-7-20-15)25-13-4-2-12(3-5-13)21-17(24)22-9-8-19-11-22/h2-11H,1H3,(H,18,23)(H,21,24). The summed E-state index contributed by atoms with van der Waals surface area (Å²) in [6, 6.07) is 9.74. The molecular formula is C17H15N5O3. The highest BCUT2D eigenvalue weighted by atomic mass is 16.5. The zero-order valence-electron chi connectivity index (χ0n) is 13.3. The fourth-order valence-corrected chi connectivity index (χ4v) is 2.04. The van der Waals surface area contributed by atoms with E-state index in [0.29, 0.717) is 17.2 Å². The Morgan fingerprint density at radius 2 is 1.88 bits per heavy atom. The molecule has 0 radical (unpaired) electrons. The molecule has 0 aliphatic carbocycles. The van der Waals surface area contributed by atoms with Crippen molar-refractivity contribution in [2.75, 3.05) is 12.4 Å². The van der Waals surface area contributed by atoms with Gasteiger partial charge in [0.25, 0.3) is 5.91 Å². The molecule has 0 aliphatic heterocycles. The molecule has 0 bridgehead atoms. The third-order valence-electron chi connectivity index (χ3n) is 3.27. The molecule has 8 nitrogen and oxygen atoms in total. The second kappa shape index (κ2) is 7.26. The number of imidazole rings is 1. The number of amides is 2. The van der Waals surface area contributed by atoms with Crippen LogP contribution in [0, 0.1) is 0 Å². The summed E-state index contributed by atoms with van der Waals surface area (Å²) in [4.78, 5) is 31.3. The van der Waals surface area contributed by atoms with E-state index in [-0.39, 0.29) is 17.6 Å². The van der Waals surface area contributed by atoms with Crippen LogP contribution in [0.5, 0.6) is 11.5 Å². The SMILES string of the molecule is CNC(=O)c1cc(Oc2ccc(NC(=O)n3ccnc3)cc2)ccn1. The van der Waals surface area contributed by atoms with Crippen LogP contribution in [0.2, 0.25) is 0 Å². The van der Waals surface area contributed by atoms with Crippen molar-refractivity contribution in [1.82, 2.24) is 19.9 Å². The van der Waals surface area contributed by atoms with Gasteiger partial charge in [0.05, 0.1) is 0 Å². The minimum atomic E-state index is -0.310. The van der Waals surface area contributed by atoms with Gasteiger partial charge in [0, 0.05) is 37.4 Å². The summed E-state index contributed by atoms with van der Waals surface area (Å²) < 4.78 is 7.03. The van der Waals surface area contributed by atoms with Crippen molar-refractivity contribution in [3.8, 4) is 11.5 Å². The maximum atomic E-state index is 11.9. The van der Waals surface area contributed by atoms with Crippen molar-refractivity contribution in [2.24, 2.45) is 0 Å². The van der Waals surface area contributed by atoms with Crippen LogP contribution in [0.1, 0.15) is 10.5 Å². The van der Waals surface area contributed by atoms with E-state index in [4.69, 9.17) is 4.74 Å². The van der Waals surface area contributed by atoms with E-state index < -0.39 is 0 Å². The van der Waals surface area contributed by atoms with Gasteiger partial charge < -0.3 is 15.4 Å². The van der Waals surface area contributed by atoms with Gasteiger partial charge in [-0.3, -0.25) is 14.3 Å². The molecule has 0 saturated carbocycles. The minimum absolute atomic E-state index is 0.268. The predicted molar refractivity (Wildman–Crippen MR) is 90.8 cm³/mol. The van der Waals surface area contributed by atoms with E-state index in [0.717, 1.165) is 0 Å². The van der Waals surface area contributed by atoms with Crippen LogP contribution in [-0.4, -0.2) is 33.5 Å². The molecule has 2 N–H and O–H groups in total. The van der Waals surface area contributed by atoms with E-state index >= 15 is 0 Å². The number of nitrogens with one attached hydrogen (secondary N) is 2. The van der Waals surface area contributed by atoms with Crippen molar-refractivity contribution in [2.45, 2.75) is 0 Å². The van der Waals surface area contributed by atoms with Crippen LogP contribution < -0.4 is 15.4 Å². The van der Waals surface area contributed by atoms with Crippen molar-refractivity contribution >= 4 is 17.6 Å². The summed E-state index contributed by atoms with van der Waals surface area (Å²) >= 11 is 0. The second-order valence-corrected chi connectivity index (χ2v) is 4.98. The summed E-state index contributed by atoms with van der Waals surface area (Å²) in [7, 11) is 1.54. The molecule has 25 heavy (non-hydrogen) atoms. The van der Waals surface area contributed by atoms with Gasteiger partial charge in [0.15, 0.2) is 0 Å². The Hall–Kier alpha value is -3.68. The maximum Gasteiger partial charge on any atom is 0.331 e. The molecule has 1 aromatic carbocycles. The third kappa shape index (κ3) is 3.99. The molecule has 0 aliphatic rings. The van der Waals surface area contributed by atoms with Crippen molar-refractivity contribution in [1.29, 1.82) is 0 Å². The number of carbonyl (C=O) groups excluding carboxylic acids is 2. The summed E-state index contributed by atoms with van der Waals surface area (Å²) in [5.41, 5.74) is 0.885. The fraction of sp³-hybridized carbons (Fsp3) is 0.0588. The summed E-state index contributed by atoms with van der Waals surface area (Å²) in [5, 5.41) is 5.24. The highest BCUT2D eigenvalue weighted by molar-refractivity contribution is 5.92. The Kier molecular flexibility index (Phi) is 4.70. The molecule has 126 valence electrons. The largest absolute Gasteiger partial charge is 0.457 e. The Bertz CT molecular complexity index is 876. The number of rotatable bonds is 4. The number of pyridine rings is 1. The van der Waals surface area contributed by atoms with Crippen LogP contribution >= 0.6 is 0 Å². The molecule has 0 spiro atoms. The molecule has 2 heterocycles. The molecule has 2 aromatic heterocycles. The number of hydrogen-bond acceptors (Lipinski definition) is 5. The van der Waals surface area contributed by atoms with Gasteiger partial charge in [-0.15, -0.1) is 0 Å². The molecular weight excluding hydrogens is 322 g/mol. The topological polar surface area (TPSA) is 98.1 Å². The summed E-state index contributed by atoms with van der Waals surface area (Å²) in [5.74, 6) is 0.765. The normalized spacial score (nSPS) is 10.1. The smallest absolute Gasteiger partial charge is 0.331 e. The van der Waals surface area contributed by atoms with Crippen molar-refractivity contribution in [3.05, 3.63) is 67.0 Å². The number of aromatic nitrogens is 3. The third-order valence-corrected chi connectivity index (χ3v) is 3.27. The minimum Gasteiger partial charge on any atom is -0.457 e. The van der Waals surface area contributed by atoms with Crippen LogP contribution in [0.3, 0.4) is 0 Å². The number of benzene rings is 1. The highest BCUT2D eigenvalue weighted by Crippen LogP contribution is 2.23. The Morgan fingerprint density at radius 1 is 1.08 bits per heavy atom. The molecule has 0 saturated heterocycles. The lowest BCUT2D eigenvalue weighted by Gasteiger charge is -2.09. The monoisotopic (exact) mass is 337 g/mol. The van der Waals surface area contributed by atoms with Gasteiger partial charge in [-0.25, -0.2) is 9.78 Å². The quantitative estimate of drug-likeness (QED) is 0.762.